The molecule has 0 radical (unpaired) electrons. The predicted molar refractivity (Wildman–Crippen MR) is 119 cm³/mol. The lowest BCUT2D eigenvalue weighted by Gasteiger charge is -2.34. The Hall–Kier alpha value is -2.39. The van der Waals surface area contributed by atoms with Crippen molar-refractivity contribution in [2.24, 2.45) is 5.92 Å². The minimum Gasteiger partial charge on any atom is -0.493 e. The first kappa shape index (κ1) is 21.8. The third-order valence-corrected chi connectivity index (χ3v) is 6.53. The van der Waals surface area contributed by atoms with Crippen molar-refractivity contribution in [3.63, 3.8) is 0 Å². The maximum absolute atomic E-state index is 12.6. The van der Waals surface area contributed by atoms with Crippen LogP contribution < -0.4 is 9.47 Å². The standard InChI is InChI=1S/C22H30N4O4S/c1-28-18-8-7-17(14-19(18)29-2)21-23-26(22(31)30-21)15-24-9-11-25(12-10-24)20(27)13-16-5-3-4-6-16/h7-8,14,16H,3-6,9-13,15H2,1-2H3. The third kappa shape index (κ3) is 5.10. The average molecular weight is 447 g/mol. The number of methoxy groups -OCH3 is 2. The summed E-state index contributed by atoms with van der Waals surface area (Å²) < 4.78 is 18.1. The molecule has 1 saturated carbocycles. The van der Waals surface area contributed by atoms with E-state index in [0.717, 1.165) is 31.7 Å². The molecule has 2 fully saturated rings. The van der Waals surface area contributed by atoms with Gasteiger partial charge in [-0.3, -0.25) is 9.69 Å². The Morgan fingerprint density at radius 3 is 2.52 bits per heavy atom. The van der Waals surface area contributed by atoms with Crippen LogP contribution in [0.2, 0.25) is 0 Å². The highest BCUT2D eigenvalue weighted by atomic mass is 32.1. The fourth-order valence-corrected chi connectivity index (χ4v) is 4.58. The number of benzene rings is 1. The molecule has 4 rings (SSSR count). The molecule has 8 nitrogen and oxygen atoms in total. The zero-order valence-corrected chi connectivity index (χ0v) is 19.0. The molecule has 1 aromatic heterocycles. The lowest BCUT2D eigenvalue weighted by molar-refractivity contribution is -0.134. The van der Waals surface area contributed by atoms with Gasteiger partial charge in [-0.2, -0.15) is 0 Å². The summed E-state index contributed by atoms with van der Waals surface area (Å²) in [7, 11) is 3.19. The van der Waals surface area contributed by atoms with Crippen molar-refractivity contribution in [3.8, 4) is 23.0 Å². The minimum atomic E-state index is 0.306. The molecule has 9 heteroatoms. The van der Waals surface area contributed by atoms with Gasteiger partial charge in [0.1, 0.15) is 0 Å². The lowest BCUT2D eigenvalue weighted by Crippen LogP contribution is -2.49. The molecule has 0 atom stereocenters. The quantitative estimate of drug-likeness (QED) is 0.602. The molecule has 2 heterocycles. The number of hydrogen-bond acceptors (Lipinski definition) is 7. The van der Waals surface area contributed by atoms with E-state index in [1.165, 1.54) is 25.7 Å². The highest BCUT2D eigenvalue weighted by molar-refractivity contribution is 7.71. The van der Waals surface area contributed by atoms with Crippen LogP contribution in [-0.2, 0) is 11.5 Å². The highest BCUT2D eigenvalue weighted by Gasteiger charge is 2.25. The Kier molecular flexibility index (Phi) is 6.92. The van der Waals surface area contributed by atoms with Crippen molar-refractivity contribution in [1.82, 2.24) is 19.6 Å². The number of amides is 1. The van der Waals surface area contributed by atoms with Gasteiger partial charge in [0.05, 0.1) is 20.9 Å². The summed E-state index contributed by atoms with van der Waals surface area (Å²) in [5, 5.41) is 4.55. The van der Waals surface area contributed by atoms with Crippen molar-refractivity contribution in [2.75, 3.05) is 40.4 Å². The van der Waals surface area contributed by atoms with E-state index in [1.54, 1.807) is 18.9 Å². The van der Waals surface area contributed by atoms with Gasteiger partial charge in [0, 0.05) is 38.2 Å². The normalized spacial score (nSPS) is 17.8. The van der Waals surface area contributed by atoms with E-state index in [0.29, 0.717) is 47.1 Å². The van der Waals surface area contributed by atoms with Gasteiger partial charge in [0.25, 0.3) is 4.84 Å². The molecule has 0 N–H and O–H groups in total. The topological polar surface area (TPSA) is 73.0 Å². The van der Waals surface area contributed by atoms with E-state index >= 15 is 0 Å². The molecular weight excluding hydrogens is 416 g/mol. The maximum Gasteiger partial charge on any atom is 0.288 e. The van der Waals surface area contributed by atoms with E-state index in [2.05, 4.69) is 10.00 Å². The SMILES string of the molecule is COc1ccc(-c2nn(CN3CCN(C(=O)CC4CCCC4)CC3)c(=S)o2)cc1OC. The van der Waals surface area contributed by atoms with E-state index < -0.39 is 0 Å². The Balaban J connectivity index is 1.35. The highest BCUT2D eigenvalue weighted by Crippen LogP contribution is 2.32. The first-order valence-corrected chi connectivity index (χ1v) is 11.3. The van der Waals surface area contributed by atoms with Crippen LogP contribution in [0.4, 0.5) is 0 Å². The monoisotopic (exact) mass is 446 g/mol. The number of rotatable bonds is 7. The summed E-state index contributed by atoms with van der Waals surface area (Å²) in [6.45, 7) is 3.65. The van der Waals surface area contributed by atoms with Crippen molar-refractivity contribution < 1.29 is 18.7 Å². The number of piperazine rings is 1. The Morgan fingerprint density at radius 1 is 1.13 bits per heavy atom. The zero-order valence-electron chi connectivity index (χ0n) is 18.2. The molecule has 1 amide bonds. The number of carbonyl (C=O) groups excluding carboxylic acids is 1. The largest absolute Gasteiger partial charge is 0.493 e. The Morgan fingerprint density at radius 2 is 1.84 bits per heavy atom. The first-order valence-electron chi connectivity index (χ1n) is 10.9. The van der Waals surface area contributed by atoms with Crippen LogP contribution in [0, 0.1) is 10.8 Å². The van der Waals surface area contributed by atoms with Crippen molar-refractivity contribution in [2.45, 2.75) is 38.8 Å². The van der Waals surface area contributed by atoms with Crippen LogP contribution in [0.5, 0.6) is 11.5 Å². The molecule has 0 spiro atoms. The van der Waals surface area contributed by atoms with Crippen molar-refractivity contribution in [1.29, 1.82) is 0 Å². The van der Waals surface area contributed by atoms with Crippen LogP contribution in [0.1, 0.15) is 32.1 Å². The van der Waals surface area contributed by atoms with E-state index in [4.69, 9.17) is 26.1 Å². The first-order chi connectivity index (χ1) is 15.1. The molecule has 1 aliphatic heterocycles. The number of nitrogens with zero attached hydrogens (tertiary/aromatic N) is 4. The van der Waals surface area contributed by atoms with Crippen molar-refractivity contribution >= 4 is 18.1 Å². The zero-order chi connectivity index (χ0) is 21.8. The molecule has 2 aromatic rings. The van der Waals surface area contributed by atoms with Gasteiger partial charge in [0.15, 0.2) is 11.5 Å². The second-order valence-corrected chi connectivity index (χ2v) is 8.59. The van der Waals surface area contributed by atoms with E-state index in [-0.39, 0.29) is 0 Å². The molecule has 1 aromatic carbocycles. The second-order valence-electron chi connectivity index (χ2n) is 8.24. The predicted octanol–water partition coefficient (Wildman–Crippen LogP) is 3.57. The second kappa shape index (κ2) is 9.82. The Bertz CT molecular complexity index is 959. The van der Waals surface area contributed by atoms with Gasteiger partial charge in [-0.25, -0.2) is 4.68 Å². The molecule has 2 aliphatic rings. The maximum atomic E-state index is 12.6. The fourth-order valence-electron chi connectivity index (χ4n) is 4.40. The summed E-state index contributed by atoms with van der Waals surface area (Å²) in [6.07, 6.45) is 5.67. The van der Waals surface area contributed by atoms with Gasteiger partial charge in [-0.05, 0) is 49.2 Å². The summed E-state index contributed by atoms with van der Waals surface area (Å²) >= 11 is 5.38. The van der Waals surface area contributed by atoms with Gasteiger partial charge in [-0.15, -0.1) is 5.10 Å². The lowest BCUT2D eigenvalue weighted by atomic mass is 10.0. The molecule has 168 valence electrons. The van der Waals surface area contributed by atoms with Gasteiger partial charge in [0.2, 0.25) is 11.8 Å². The van der Waals surface area contributed by atoms with E-state index in [9.17, 15) is 4.79 Å². The van der Waals surface area contributed by atoms with Crippen LogP contribution >= 0.6 is 12.2 Å². The molecule has 0 bridgehead atoms. The van der Waals surface area contributed by atoms with E-state index in [1.807, 2.05) is 23.1 Å². The minimum absolute atomic E-state index is 0.306. The van der Waals surface area contributed by atoms with Gasteiger partial charge >= 0.3 is 0 Å². The average Bonchev–Trinajstić information content (AvgIpc) is 3.43. The molecule has 1 saturated heterocycles. The molecule has 1 aliphatic carbocycles. The van der Waals surface area contributed by atoms with Crippen LogP contribution in [0.15, 0.2) is 22.6 Å². The Labute approximate surface area is 187 Å². The number of ether oxygens (including phenoxy) is 2. The third-order valence-electron chi connectivity index (χ3n) is 6.23. The summed E-state index contributed by atoms with van der Waals surface area (Å²) in [4.78, 5) is 17.1. The fraction of sp³-hybridized carbons (Fsp3) is 0.591. The van der Waals surface area contributed by atoms with Crippen molar-refractivity contribution in [3.05, 3.63) is 23.0 Å². The molecule has 31 heavy (non-hydrogen) atoms. The van der Waals surface area contributed by atoms with Gasteiger partial charge in [-0.1, -0.05) is 12.8 Å². The van der Waals surface area contributed by atoms with Crippen LogP contribution in [0.25, 0.3) is 11.5 Å². The summed E-state index contributed by atoms with van der Waals surface area (Å²) in [5.41, 5.74) is 0.768. The molecule has 0 unspecified atom stereocenters. The number of aromatic nitrogens is 2. The summed E-state index contributed by atoms with van der Waals surface area (Å²) in [6, 6.07) is 5.49. The van der Waals surface area contributed by atoms with Crippen LogP contribution in [0.3, 0.4) is 0 Å². The van der Waals surface area contributed by atoms with Gasteiger partial charge < -0.3 is 18.8 Å². The number of carbonyl (C=O) groups is 1. The van der Waals surface area contributed by atoms with Crippen LogP contribution in [-0.4, -0.2) is 65.9 Å². The number of hydrogen-bond donors (Lipinski definition) is 0. The molecular formula is C22H30N4O4S. The summed E-state index contributed by atoms with van der Waals surface area (Å²) in [5.74, 6) is 2.59. The smallest absolute Gasteiger partial charge is 0.288 e.